The van der Waals surface area contributed by atoms with Crippen LogP contribution in [0.5, 0.6) is 0 Å². The highest BCUT2D eigenvalue weighted by Gasteiger charge is 2.27. The van der Waals surface area contributed by atoms with Gasteiger partial charge in [0.15, 0.2) is 0 Å². The molecule has 0 aliphatic carbocycles. The third-order valence-electron chi connectivity index (χ3n) is 2.76. The summed E-state index contributed by atoms with van der Waals surface area (Å²) in [5.74, 6) is 0.384. The maximum absolute atomic E-state index is 11.3. The molecule has 1 aromatic rings. The molecular weight excluding hydrogens is 174 g/mol. The maximum atomic E-state index is 11.3. The summed E-state index contributed by atoms with van der Waals surface area (Å²) < 4.78 is 0. The second-order valence-corrected chi connectivity index (χ2v) is 4.03. The molecule has 2 heteroatoms. The molecule has 1 N–H and O–H groups in total. The fraction of sp³-hybridized carbons (Fsp3) is 0.417. The Morgan fingerprint density at radius 1 is 1.36 bits per heavy atom. The lowest BCUT2D eigenvalue weighted by Crippen LogP contribution is -2.27. The lowest BCUT2D eigenvalue weighted by molar-refractivity contribution is -0.122. The molecule has 14 heavy (non-hydrogen) atoms. The van der Waals surface area contributed by atoms with Gasteiger partial charge in [-0.05, 0) is 18.4 Å². The number of amides is 1. The van der Waals surface area contributed by atoms with Gasteiger partial charge >= 0.3 is 0 Å². The summed E-state index contributed by atoms with van der Waals surface area (Å²) in [6.45, 7) is 1.99. The first kappa shape index (κ1) is 9.25. The van der Waals surface area contributed by atoms with Gasteiger partial charge in [-0.3, -0.25) is 4.79 Å². The number of benzene rings is 1. The van der Waals surface area contributed by atoms with Gasteiger partial charge in [0.1, 0.15) is 0 Å². The fourth-order valence-corrected chi connectivity index (χ4v) is 1.97. The number of carbonyl (C=O) groups is 1. The van der Waals surface area contributed by atoms with Crippen LogP contribution in [0.25, 0.3) is 0 Å². The van der Waals surface area contributed by atoms with Gasteiger partial charge in [0.2, 0.25) is 5.91 Å². The first-order valence-corrected chi connectivity index (χ1v) is 5.10. The number of hydrogen-bond acceptors (Lipinski definition) is 1. The zero-order valence-corrected chi connectivity index (χ0v) is 8.36. The number of rotatable bonds is 2. The van der Waals surface area contributed by atoms with Crippen molar-refractivity contribution < 1.29 is 4.79 Å². The Morgan fingerprint density at radius 2 is 2.07 bits per heavy atom. The molecule has 2 nitrogen and oxygen atoms in total. The summed E-state index contributed by atoms with van der Waals surface area (Å²) in [7, 11) is 0. The predicted molar refractivity (Wildman–Crippen MR) is 55.9 cm³/mol. The molecule has 1 saturated heterocycles. The molecule has 1 heterocycles. The number of carbonyl (C=O) groups excluding carboxylic acids is 1. The molecule has 0 saturated carbocycles. The van der Waals surface area contributed by atoms with Crippen LogP contribution in [-0.4, -0.2) is 11.9 Å². The van der Waals surface area contributed by atoms with Crippen molar-refractivity contribution >= 4 is 5.91 Å². The van der Waals surface area contributed by atoms with Crippen molar-refractivity contribution in [3.63, 3.8) is 0 Å². The van der Waals surface area contributed by atoms with Crippen LogP contribution in [0, 0.1) is 5.92 Å². The average Bonchev–Trinajstić information content (AvgIpc) is 2.47. The van der Waals surface area contributed by atoms with E-state index < -0.39 is 0 Å². The highest BCUT2D eigenvalue weighted by molar-refractivity contribution is 5.80. The van der Waals surface area contributed by atoms with E-state index in [4.69, 9.17) is 0 Å². The van der Waals surface area contributed by atoms with E-state index in [9.17, 15) is 4.79 Å². The van der Waals surface area contributed by atoms with E-state index in [1.165, 1.54) is 5.56 Å². The summed E-state index contributed by atoms with van der Waals surface area (Å²) in [6, 6.07) is 10.6. The molecule has 2 rings (SSSR count). The van der Waals surface area contributed by atoms with Gasteiger partial charge in [0, 0.05) is 12.0 Å². The third-order valence-corrected chi connectivity index (χ3v) is 2.76. The van der Waals surface area contributed by atoms with Gasteiger partial charge in [0.05, 0.1) is 0 Å². The lowest BCUT2D eigenvalue weighted by atomic mass is 10.0. The van der Waals surface area contributed by atoms with Crippen molar-refractivity contribution in [3.05, 3.63) is 35.9 Å². The zero-order chi connectivity index (χ0) is 9.97. The van der Waals surface area contributed by atoms with Gasteiger partial charge in [-0.1, -0.05) is 37.3 Å². The molecule has 2 atom stereocenters. The van der Waals surface area contributed by atoms with Gasteiger partial charge in [-0.2, -0.15) is 0 Å². The van der Waals surface area contributed by atoms with E-state index in [1.807, 2.05) is 25.1 Å². The molecule has 1 aromatic carbocycles. The lowest BCUT2D eigenvalue weighted by Gasteiger charge is -2.09. The largest absolute Gasteiger partial charge is 0.353 e. The minimum atomic E-state index is 0.184. The minimum Gasteiger partial charge on any atom is -0.353 e. The van der Waals surface area contributed by atoms with E-state index in [0.29, 0.717) is 6.04 Å². The normalized spacial score (nSPS) is 26.2. The summed E-state index contributed by atoms with van der Waals surface area (Å²) in [5, 5.41) is 3.01. The van der Waals surface area contributed by atoms with Crippen molar-refractivity contribution in [2.45, 2.75) is 25.8 Å². The highest BCUT2D eigenvalue weighted by atomic mass is 16.2. The van der Waals surface area contributed by atoms with Crippen molar-refractivity contribution in [1.82, 2.24) is 5.32 Å². The molecule has 0 spiro atoms. The number of hydrogen-bond donors (Lipinski definition) is 1. The molecule has 0 radical (unpaired) electrons. The Labute approximate surface area is 84.3 Å². The quantitative estimate of drug-likeness (QED) is 0.754. The molecule has 0 aromatic heterocycles. The van der Waals surface area contributed by atoms with Crippen molar-refractivity contribution in [2.24, 2.45) is 5.92 Å². The topological polar surface area (TPSA) is 29.1 Å². The second kappa shape index (κ2) is 3.82. The zero-order valence-electron chi connectivity index (χ0n) is 8.36. The highest BCUT2D eigenvalue weighted by Crippen LogP contribution is 2.17. The van der Waals surface area contributed by atoms with Crippen LogP contribution in [0.15, 0.2) is 30.3 Å². The smallest absolute Gasteiger partial charge is 0.223 e. The first-order valence-electron chi connectivity index (χ1n) is 5.10. The van der Waals surface area contributed by atoms with Crippen LogP contribution in [0.2, 0.25) is 0 Å². The van der Waals surface area contributed by atoms with Crippen molar-refractivity contribution in [2.75, 3.05) is 0 Å². The van der Waals surface area contributed by atoms with E-state index in [0.717, 1.165) is 12.8 Å². The van der Waals surface area contributed by atoms with E-state index >= 15 is 0 Å². The molecule has 0 unspecified atom stereocenters. The van der Waals surface area contributed by atoms with Gasteiger partial charge in [-0.25, -0.2) is 0 Å². The predicted octanol–water partition coefficient (Wildman–Crippen LogP) is 1.75. The average molecular weight is 189 g/mol. The minimum absolute atomic E-state index is 0.184. The molecule has 0 bridgehead atoms. The summed E-state index contributed by atoms with van der Waals surface area (Å²) in [5.41, 5.74) is 1.30. The Kier molecular flexibility index (Phi) is 2.53. The van der Waals surface area contributed by atoms with Gasteiger partial charge in [0.25, 0.3) is 0 Å². The molecule has 1 aliphatic rings. The monoisotopic (exact) mass is 189 g/mol. The number of nitrogens with one attached hydrogen (secondary N) is 1. The van der Waals surface area contributed by atoms with Crippen molar-refractivity contribution in [1.29, 1.82) is 0 Å². The van der Waals surface area contributed by atoms with Gasteiger partial charge < -0.3 is 5.32 Å². The fourth-order valence-electron chi connectivity index (χ4n) is 1.97. The summed E-state index contributed by atoms with van der Waals surface area (Å²) >= 11 is 0. The van der Waals surface area contributed by atoms with Crippen LogP contribution >= 0.6 is 0 Å². The Morgan fingerprint density at radius 3 is 2.64 bits per heavy atom. The molecule has 1 amide bonds. The van der Waals surface area contributed by atoms with E-state index in [2.05, 4.69) is 17.4 Å². The van der Waals surface area contributed by atoms with E-state index in [-0.39, 0.29) is 11.8 Å². The first-order chi connectivity index (χ1) is 6.75. The molecule has 74 valence electrons. The SMILES string of the molecule is C[C@@H]1C[C@@H](Cc2ccccc2)NC1=O. The third kappa shape index (κ3) is 1.95. The van der Waals surface area contributed by atoms with Crippen molar-refractivity contribution in [3.8, 4) is 0 Å². The second-order valence-electron chi connectivity index (χ2n) is 4.03. The van der Waals surface area contributed by atoms with Crippen LogP contribution in [0.1, 0.15) is 18.9 Å². The van der Waals surface area contributed by atoms with E-state index in [1.54, 1.807) is 0 Å². The summed E-state index contributed by atoms with van der Waals surface area (Å²) in [6.07, 6.45) is 1.92. The maximum Gasteiger partial charge on any atom is 0.223 e. The molecule has 1 aliphatic heterocycles. The van der Waals surface area contributed by atoms with Crippen LogP contribution in [0.4, 0.5) is 0 Å². The standard InChI is InChI=1S/C12H15NO/c1-9-7-11(13-12(9)14)8-10-5-3-2-4-6-10/h2-6,9,11H,7-8H2,1H3,(H,13,14)/t9-,11+/m1/s1. The van der Waals surface area contributed by atoms with Crippen LogP contribution in [0.3, 0.4) is 0 Å². The van der Waals surface area contributed by atoms with Crippen LogP contribution < -0.4 is 5.32 Å². The molecule has 1 fully saturated rings. The molecular formula is C12H15NO. The van der Waals surface area contributed by atoms with Crippen LogP contribution in [-0.2, 0) is 11.2 Å². The Hall–Kier alpha value is -1.31. The van der Waals surface area contributed by atoms with Gasteiger partial charge in [-0.15, -0.1) is 0 Å². The summed E-state index contributed by atoms with van der Waals surface area (Å²) in [4.78, 5) is 11.3. The Bertz CT molecular complexity index is 320. The Balaban J connectivity index is 1.97.